The average molecular weight is 316 g/mol. The van der Waals surface area contributed by atoms with Crippen molar-refractivity contribution in [1.82, 2.24) is 0 Å². The number of non-ortho nitro benzene ring substituents is 1. The standard InChI is InChI=1S/C16H15NO6/c1-2-22-15-9-12(16(18)19)5-8-14(15)23-10-11-3-6-13(7-4-11)17(20)21/h3-9H,2,10H2,1H3,(H,18,19)/p-1. The fourth-order valence-corrected chi connectivity index (χ4v) is 1.90. The third-order valence-corrected chi connectivity index (χ3v) is 3.02. The first-order valence-electron chi connectivity index (χ1n) is 6.85. The lowest BCUT2D eigenvalue weighted by molar-refractivity contribution is -0.384. The Hall–Kier alpha value is -3.09. The maximum absolute atomic E-state index is 10.9. The van der Waals surface area contributed by atoms with Crippen LogP contribution in [0.15, 0.2) is 42.5 Å². The number of carbonyl (C=O) groups excluding carboxylic acids is 1. The Morgan fingerprint density at radius 1 is 1.09 bits per heavy atom. The molecule has 0 aliphatic rings. The van der Waals surface area contributed by atoms with E-state index in [0.717, 1.165) is 5.56 Å². The second-order valence-electron chi connectivity index (χ2n) is 4.59. The summed E-state index contributed by atoms with van der Waals surface area (Å²) in [6.07, 6.45) is 0. The van der Waals surface area contributed by atoms with Gasteiger partial charge in [-0.3, -0.25) is 10.1 Å². The van der Waals surface area contributed by atoms with Crippen LogP contribution in [-0.4, -0.2) is 17.5 Å². The molecule has 120 valence electrons. The zero-order valence-corrected chi connectivity index (χ0v) is 12.4. The molecule has 0 amide bonds. The molecule has 0 aromatic heterocycles. The molecule has 0 spiro atoms. The van der Waals surface area contributed by atoms with Gasteiger partial charge in [0.2, 0.25) is 0 Å². The number of carboxylic acids is 1. The second-order valence-corrected chi connectivity index (χ2v) is 4.59. The van der Waals surface area contributed by atoms with Crippen LogP contribution < -0.4 is 14.6 Å². The topological polar surface area (TPSA) is 102 Å². The van der Waals surface area contributed by atoms with Crippen LogP contribution in [0.2, 0.25) is 0 Å². The summed E-state index contributed by atoms with van der Waals surface area (Å²) in [4.78, 5) is 21.0. The number of ether oxygens (including phenoxy) is 2. The van der Waals surface area contributed by atoms with Crippen molar-refractivity contribution in [2.45, 2.75) is 13.5 Å². The van der Waals surface area contributed by atoms with Crippen molar-refractivity contribution >= 4 is 11.7 Å². The van der Waals surface area contributed by atoms with E-state index in [9.17, 15) is 20.0 Å². The minimum absolute atomic E-state index is 0.00191. The highest BCUT2D eigenvalue weighted by Gasteiger charge is 2.09. The second kappa shape index (κ2) is 7.26. The van der Waals surface area contributed by atoms with E-state index >= 15 is 0 Å². The van der Waals surface area contributed by atoms with Crippen LogP contribution in [0.25, 0.3) is 0 Å². The highest BCUT2D eigenvalue weighted by atomic mass is 16.6. The normalized spacial score (nSPS) is 10.1. The molecule has 0 bridgehead atoms. The summed E-state index contributed by atoms with van der Waals surface area (Å²) < 4.78 is 11.0. The molecule has 2 rings (SSSR count). The van der Waals surface area contributed by atoms with Gasteiger partial charge in [-0.25, -0.2) is 0 Å². The molecule has 7 heteroatoms. The lowest BCUT2D eigenvalue weighted by Crippen LogP contribution is -2.22. The van der Waals surface area contributed by atoms with Crippen LogP contribution in [0.4, 0.5) is 5.69 Å². The summed E-state index contributed by atoms with van der Waals surface area (Å²) >= 11 is 0. The Kier molecular flexibility index (Phi) is 5.14. The van der Waals surface area contributed by atoms with E-state index < -0.39 is 10.9 Å². The van der Waals surface area contributed by atoms with Gasteiger partial charge in [0.15, 0.2) is 11.5 Å². The van der Waals surface area contributed by atoms with Crippen molar-refractivity contribution in [3.05, 3.63) is 63.7 Å². The number of benzene rings is 2. The number of hydrogen-bond donors (Lipinski definition) is 0. The van der Waals surface area contributed by atoms with Gasteiger partial charge >= 0.3 is 0 Å². The van der Waals surface area contributed by atoms with Crippen LogP contribution in [-0.2, 0) is 6.61 Å². The smallest absolute Gasteiger partial charge is 0.269 e. The van der Waals surface area contributed by atoms with Gasteiger partial charge in [-0.05, 0) is 42.8 Å². The molecule has 0 aliphatic heterocycles. The molecule has 0 saturated heterocycles. The molecule has 0 fully saturated rings. The monoisotopic (exact) mass is 316 g/mol. The van der Waals surface area contributed by atoms with E-state index in [0.29, 0.717) is 18.1 Å². The Morgan fingerprint density at radius 3 is 2.35 bits per heavy atom. The molecule has 2 aromatic rings. The van der Waals surface area contributed by atoms with E-state index in [1.54, 1.807) is 19.1 Å². The van der Waals surface area contributed by atoms with E-state index in [1.807, 2.05) is 0 Å². The van der Waals surface area contributed by atoms with Crippen molar-refractivity contribution in [3.63, 3.8) is 0 Å². The van der Waals surface area contributed by atoms with E-state index in [4.69, 9.17) is 9.47 Å². The van der Waals surface area contributed by atoms with Gasteiger partial charge in [-0.1, -0.05) is 0 Å². The number of hydrogen-bond acceptors (Lipinski definition) is 6. The van der Waals surface area contributed by atoms with Gasteiger partial charge in [0.05, 0.1) is 17.5 Å². The number of rotatable bonds is 7. The minimum Gasteiger partial charge on any atom is -0.545 e. The molecule has 0 unspecified atom stereocenters. The molecule has 7 nitrogen and oxygen atoms in total. The number of aromatic carboxylic acids is 1. The molecular weight excluding hydrogens is 302 g/mol. The molecular formula is C16H14NO6-. The summed E-state index contributed by atoms with van der Waals surface area (Å²) in [6, 6.07) is 10.2. The Morgan fingerprint density at radius 2 is 1.78 bits per heavy atom. The molecule has 0 atom stereocenters. The first-order chi connectivity index (χ1) is 11.0. The van der Waals surface area contributed by atoms with Crippen molar-refractivity contribution in [1.29, 1.82) is 0 Å². The van der Waals surface area contributed by atoms with Crippen molar-refractivity contribution < 1.29 is 24.3 Å². The Labute approximate surface area is 132 Å². The highest BCUT2D eigenvalue weighted by Crippen LogP contribution is 2.29. The molecule has 0 heterocycles. The van der Waals surface area contributed by atoms with Crippen LogP contribution in [0, 0.1) is 10.1 Å². The largest absolute Gasteiger partial charge is 0.545 e. The summed E-state index contributed by atoms with van der Waals surface area (Å²) in [5.41, 5.74) is 0.736. The predicted octanol–water partition coefficient (Wildman–Crippen LogP) is 1.94. The summed E-state index contributed by atoms with van der Waals surface area (Å²) in [5, 5.41) is 21.5. The third kappa shape index (κ3) is 4.19. The van der Waals surface area contributed by atoms with Crippen molar-refractivity contribution in [2.75, 3.05) is 6.61 Å². The Balaban J connectivity index is 2.12. The van der Waals surface area contributed by atoms with Crippen LogP contribution in [0.3, 0.4) is 0 Å². The zero-order valence-electron chi connectivity index (χ0n) is 12.4. The van der Waals surface area contributed by atoms with E-state index in [1.165, 1.54) is 30.3 Å². The van der Waals surface area contributed by atoms with Crippen LogP contribution >= 0.6 is 0 Å². The first kappa shape index (κ1) is 16.3. The average Bonchev–Trinajstić information content (AvgIpc) is 2.54. The van der Waals surface area contributed by atoms with Gasteiger partial charge in [0.25, 0.3) is 5.69 Å². The van der Waals surface area contributed by atoms with Gasteiger partial charge in [0, 0.05) is 17.7 Å². The molecule has 0 aliphatic carbocycles. The van der Waals surface area contributed by atoms with Crippen LogP contribution in [0.1, 0.15) is 22.8 Å². The number of carbonyl (C=O) groups is 1. The SMILES string of the molecule is CCOc1cc(C(=O)[O-])ccc1OCc1ccc([N+](=O)[O-])cc1. The van der Waals surface area contributed by atoms with Gasteiger partial charge in [0.1, 0.15) is 6.61 Å². The van der Waals surface area contributed by atoms with Crippen molar-refractivity contribution in [2.24, 2.45) is 0 Å². The quantitative estimate of drug-likeness (QED) is 0.571. The predicted molar refractivity (Wildman–Crippen MR) is 79.4 cm³/mol. The van der Waals surface area contributed by atoms with Gasteiger partial charge in [-0.15, -0.1) is 0 Å². The molecule has 0 N–H and O–H groups in total. The number of carboxylic acid groups (broad SMARTS) is 1. The van der Waals surface area contributed by atoms with Crippen LogP contribution in [0.5, 0.6) is 11.5 Å². The van der Waals surface area contributed by atoms with Gasteiger partial charge < -0.3 is 19.4 Å². The summed E-state index contributed by atoms with van der Waals surface area (Å²) in [6.45, 7) is 2.29. The first-order valence-corrected chi connectivity index (χ1v) is 6.85. The Bertz CT molecular complexity index is 711. The summed E-state index contributed by atoms with van der Waals surface area (Å²) in [5.74, 6) is -0.612. The lowest BCUT2D eigenvalue weighted by Gasteiger charge is -2.13. The molecule has 0 saturated carbocycles. The zero-order chi connectivity index (χ0) is 16.8. The molecule has 2 aromatic carbocycles. The fraction of sp³-hybridized carbons (Fsp3) is 0.188. The fourth-order valence-electron chi connectivity index (χ4n) is 1.90. The maximum atomic E-state index is 10.9. The number of nitrogens with zero attached hydrogens (tertiary/aromatic N) is 1. The molecule has 0 radical (unpaired) electrons. The molecule has 23 heavy (non-hydrogen) atoms. The lowest BCUT2D eigenvalue weighted by atomic mass is 10.2. The van der Waals surface area contributed by atoms with E-state index in [-0.39, 0.29) is 17.9 Å². The number of nitro benzene ring substituents is 1. The highest BCUT2D eigenvalue weighted by molar-refractivity contribution is 5.86. The summed E-state index contributed by atoms with van der Waals surface area (Å²) in [7, 11) is 0. The number of nitro groups is 1. The van der Waals surface area contributed by atoms with Crippen molar-refractivity contribution in [3.8, 4) is 11.5 Å². The third-order valence-electron chi connectivity index (χ3n) is 3.02. The van der Waals surface area contributed by atoms with Gasteiger partial charge in [-0.2, -0.15) is 0 Å². The maximum Gasteiger partial charge on any atom is 0.269 e. The van der Waals surface area contributed by atoms with E-state index in [2.05, 4.69) is 0 Å². The minimum atomic E-state index is -1.30.